The zero-order valence-electron chi connectivity index (χ0n) is 7.30. The number of carbonyl (C=O) groups is 1. The second kappa shape index (κ2) is 6.01. The van der Waals surface area contributed by atoms with Crippen LogP contribution in [-0.2, 0) is 5.11 Å². The first-order valence-electron chi connectivity index (χ1n) is 4.10. The summed E-state index contributed by atoms with van der Waals surface area (Å²) in [6.07, 6.45) is 3.32. The minimum Gasteiger partial charge on any atom is -0.308 e. The lowest BCUT2D eigenvalue weighted by atomic mass is 10.2. The van der Waals surface area contributed by atoms with Crippen molar-refractivity contribution in [1.82, 2.24) is 4.90 Å². The molecule has 0 unspecified atom stereocenters. The van der Waals surface area contributed by atoms with E-state index in [1.54, 1.807) is 7.05 Å². The Morgan fingerprint density at radius 2 is 1.91 bits per heavy atom. The fourth-order valence-corrected chi connectivity index (χ4v) is 0.867. The molecule has 1 amide bonds. The fourth-order valence-electron chi connectivity index (χ4n) is 0.867. The monoisotopic (exact) mass is 158 g/mol. The van der Waals surface area contributed by atoms with Crippen molar-refractivity contribution in [3.63, 3.8) is 0 Å². The molecule has 0 aromatic heterocycles. The molecule has 0 saturated heterocycles. The molecule has 0 fully saturated rings. The van der Waals surface area contributed by atoms with Crippen molar-refractivity contribution in [2.45, 2.75) is 32.6 Å². The van der Waals surface area contributed by atoms with E-state index in [0.29, 0.717) is 6.54 Å². The zero-order valence-corrected chi connectivity index (χ0v) is 7.30. The molecule has 0 saturated carbocycles. The Hall–Kier alpha value is -0.730. The Labute approximate surface area is 68.0 Å². The minimum absolute atomic E-state index is 0.600. The van der Waals surface area contributed by atoms with Gasteiger partial charge in [0.15, 0.2) is 0 Å². The maximum absolute atomic E-state index is 10.2. The van der Waals surface area contributed by atoms with Gasteiger partial charge >= 0.3 is 6.09 Å². The summed E-state index contributed by atoms with van der Waals surface area (Å²) in [5.74, 6) is 0. The van der Waals surface area contributed by atoms with E-state index in [1.165, 1.54) is 17.7 Å². The second-order valence-corrected chi connectivity index (χ2v) is 2.75. The van der Waals surface area contributed by atoms with Crippen LogP contribution in [0, 0.1) is 0 Å². The first-order valence-corrected chi connectivity index (χ1v) is 4.10. The first-order chi connectivity index (χ1) is 5.18. The van der Waals surface area contributed by atoms with Gasteiger partial charge in [-0.1, -0.05) is 26.2 Å². The molecule has 0 spiro atoms. The molecule has 0 aromatic rings. The van der Waals surface area contributed by atoms with Gasteiger partial charge in [-0.3, -0.25) is 0 Å². The summed E-state index contributed by atoms with van der Waals surface area (Å²) in [5.41, 5.74) is 0. The van der Waals surface area contributed by atoms with Crippen LogP contribution < -0.4 is 0 Å². The van der Waals surface area contributed by atoms with Crippen LogP contribution >= 0.6 is 0 Å². The van der Waals surface area contributed by atoms with Crippen LogP contribution in [0.2, 0.25) is 0 Å². The van der Waals surface area contributed by atoms with E-state index < -0.39 is 6.09 Å². The molecule has 0 aliphatic rings. The number of nitrogens with zero attached hydrogens (tertiary/aromatic N) is 1. The number of unbranched alkanes of at least 4 members (excludes halogenated alkanes) is 3. The van der Waals surface area contributed by atoms with Gasteiger partial charge in [0, 0.05) is 13.6 Å². The highest BCUT2D eigenvalue weighted by atomic mass is 16.4. The van der Waals surface area contributed by atoms with Crippen LogP contribution in [0.3, 0.4) is 0 Å². The van der Waals surface area contributed by atoms with Crippen molar-refractivity contribution in [1.29, 1.82) is 0 Å². The molecule has 3 nitrogen and oxygen atoms in total. The normalized spacial score (nSPS) is 9.64. The van der Waals surface area contributed by atoms with Crippen LogP contribution in [0.4, 0.5) is 4.79 Å². The molecule has 0 aliphatic carbocycles. The second-order valence-electron chi connectivity index (χ2n) is 2.75. The van der Waals surface area contributed by atoms with Crippen molar-refractivity contribution in [2.75, 3.05) is 13.6 Å². The molecule has 1 radical (unpaired) electrons. The maximum atomic E-state index is 10.2. The van der Waals surface area contributed by atoms with Gasteiger partial charge < -0.3 is 4.90 Å². The van der Waals surface area contributed by atoms with E-state index in [4.69, 9.17) is 0 Å². The van der Waals surface area contributed by atoms with Crippen molar-refractivity contribution in [2.24, 2.45) is 0 Å². The lowest BCUT2D eigenvalue weighted by molar-refractivity contribution is 0.129. The average Bonchev–Trinajstić information content (AvgIpc) is 1.97. The van der Waals surface area contributed by atoms with Crippen LogP contribution in [-0.4, -0.2) is 24.6 Å². The molecular formula is C8H16NO2. The molecule has 3 heteroatoms. The number of carbonyl (C=O) groups excluding carboxylic acids is 1. The molecule has 0 aliphatic heterocycles. The first kappa shape index (κ1) is 10.3. The minimum atomic E-state index is -1.08. The maximum Gasteiger partial charge on any atom is 0.452 e. The largest absolute Gasteiger partial charge is 0.452 e. The lowest BCUT2D eigenvalue weighted by Gasteiger charge is -2.09. The van der Waals surface area contributed by atoms with Gasteiger partial charge in [0.25, 0.3) is 0 Å². The molecule has 0 bridgehead atoms. The quantitative estimate of drug-likeness (QED) is 0.564. The number of hydrogen-bond donors (Lipinski definition) is 0. The summed E-state index contributed by atoms with van der Waals surface area (Å²) >= 11 is 0. The third-order valence-electron chi connectivity index (χ3n) is 1.66. The van der Waals surface area contributed by atoms with Gasteiger partial charge in [-0.15, -0.1) is 0 Å². The SMILES string of the molecule is CCCCCCN(C)C([O])=O. The van der Waals surface area contributed by atoms with Gasteiger partial charge in [0.2, 0.25) is 0 Å². The number of rotatable bonds is 5. The highest BCUT2D eigenvalue weighted by molar-refractivity contribution is 5.63. The van der Waals surface area contributed by atoms with Gasteiger partial charge in [0.1, 0.15) is 0 Å². The Bertz CT molecular complexity index is 115. The van der Waals surface area contributed by atoms with Gasteiger partial charge in [-0.25, -0.2) is 9.90 Å². The predicted octanol–water partition coefficient (Wildman–Crippen LogP) is 2.05. The summed E-state index contributed by atoms with van der Waals surface area (Å²) < 4.78 is 0. The topological polar surface area (TPSA) is 40.2 Å². The average molecular weight is 158 g/mol. The summed E-state index contributed by atoms with van der Waals surface area (Å²) in [7, 11) is 1.54. The van der Waals surface area contributed by atoms with Crippen LogP contribution in [0.15, 0.2) is 0 Å². The number of hydrogen-bond acceptors (Lipinski definition) is 1. The van der Waals surface area contributed by atoms with Crippen LogP contribution in [0.1, 0.15) is 32.6 Å². The predicted molar refractivity (Wildman–Crippen MR) is 42.9 cm³/mol. The number of amides is 1. The van der Waals surface area contributed by atoms with E-state index in [1.807, 2.05) is 0 Å². The fraction of sp³-hybridized carbons (Fsp3) is 0.875. The summed E-state index contributed by atoms with van der Waals surface area (Å²) in [6, 6.07) is 0. The Morgan fingerprint density at radius 1 is 1.27 bits per heavy atom. The Balaban J connectivity index is 3.17. The van der Waals surface area contributed by atoms with Gasteiger partial charge in [-0.05, 0) is 6.42 Å². The highest BCUT2D eigenvalue weighted by Crippen LogP contribution is 1.99. The molecule has 0 aromatic carbocycles. The molecule has 0 atom stereocenters. The molecule has 0 heterocycles. The standard InChI is InChI=1S/C8H16NO2/c1-3-4-5-6-7-9(2)8(10)11/h3-7H2,1-2H3. The highest BCUT2D eigenvalue weighted by Gasteiger charge is 2.05. The molecule has 11 heavy (non-hydrogen) atoms. The van der Waals surface area contributed by atoms with Crippen molar-refractivity contribution >= 4 is 6.09 Å². The summed E-state index contributed by atoms with van der Waals surface area (Å²) in [4.78, 5) is 11.4. The van der Waals surface area contributed by atoms with Gasteiger partial charge in [-0.2, -0.15) is 0 Å². The summed E-state index contributed by atoms with van der Waals surface area (Å²) in [6.45, 7) is 2.73. The van der Waals surface area contributed by atoms with E-state index in [2.05, 4.69) is 6.92 Å². The lowest BCUT2D eigenvalue weighted by Crippen LogP contribution is -2.24. The van der Waals surface area contributed by atoms with Gasteiger partial charge in [0.05, 0.1) is 0 Å². The van der Waals surface area contributed by atoms with Crippen molar-refractivity contribution in [3.05, 3.63) is 0 Å². The van der Waals surface area contributed by atoms with Crippen LogP contribution in [0.25, 0.3) is 0 Å². The Kier molecular flexibility index (Phi) is 5.61. The smallest absolute Gasteiger partial charge is 0.308 e. The Morgan fingerprint density at radius 3 is 2.36 bits per heavy atom. The van der Waals surface area contributed by atoms with Crippen molar-refractivity contribution < 1.29 is 9.90 Å². The molecule has 0 rings (SSSR count). The van der Waals surface area contributed by atoms with Crippen molar-refractivity contribution in [3.8, 4) is 0 Å². The third-order valence-corrected chi connectivity index (χ3v) is 1.66. The summed E-state index contributed by atoms with van der Waals surface area (Å²) in [5, 5.41) is 10.2. The van der Waals surface area contributed by atoms with E-state index in [9.17, 15) is 9.90 Å². The van der Waals surface area contributed by atoms with E-state index >= 15 is 0 Å². The van der Waals surface area contributed by atoms with E-state index in [-0.39, 0.29) is 0 Å². The molecule has 0 N–H and O–H groups in total. The van der Waals surface area contributed by atoms with Crippen LogP contribution in [0.5, 0.6) is 0 Å². The molecular weight excluding hydrogens is 142 g/mol. The van der Waals surface area contributed by atoms with E-state index in [0.717, 1.165) is 12.8 Å². The zero-order chi connectivity index (χ0) is 8.69. The third kappa shape index (κ3) is 5.70. The molecule has 65 valence electrons.